The molecular weight excluding hydrogens is 179 g/mol. The molecule has 0 atom stereocenters. The Morgan fingerprint density at radius 3 is 2.75 bits per heavy atom. The van der Waals surface area contributed by atoms with Gasteiger partial charge in [0.25, 0.3) is 0 Å². The van der Waals surface area contributed by atoms with Gasteiger partial charge in [0.05, 0.1) is 12.5 Å². The summed E-state index contributed by atoms with van der Waals surface area (Å²) >= 11 is 5.52. The molecule has 62 valence electrons. The van der Waals surface area contributed by atoms with Crippen LogP contribution in [0.1, 0.15) is 5.56 Å². The summed E-state index contributed by atoms with van der Waals surface area (Å²) in [4.78, 5) is 0. The van der Waals surface area contributed by atoms with Crippen molar-refractivity contribution in [3.8, 4) is 6.07 Å². The van der Waals surface area contributed by atoms with Crippen molar-refractivity contribution < 1.29 is 4.39 Å². The Balaban J connectivity index is 3.21. The number of hydrogen-bond donors (Lipinski definition) is 1. The van der Waals surface area contributed by atoms with E-state index in [0.29, 0.717) is 0 Å². The van der Waals surface area contributed by atoms with E-state index in [9.17, 15) is 4.39 Å². The maximum atomic E-state index is 13.0. The summed E-state index contributed by atoms with van der Waals surface area (Å²) in [5.41, 5.74) is 5.87. The van der Waals surface area contributed by atoms with Gasteiger partial charge in [-0.05, 0) is 12.1 Å². The predicted molar refractivity (Wildman–Crippen MR) is 45.1 cm³/mol. The van der Waals surface area contributed by atoms with Crippen molar-refractivity contribution in [2.24, 2.45) is 0 Å². The topological polar surface area (TPSA) is 49.8 Å². The molecule has 0 heterocycles. The third-order valence-electron chi connectivity index (χ3n) is 1.45. The van der Waals surface area contributed by atoms with Crippen LogP contribution in [-0.4, -0.2) is 0 Å². The van der Waals surface area contributed by atoms with Gasteiger partial charge in [0.1, 0.15) is 5.82 Å². The lowest BCUT2D eigenvalue weighted by atomic mass is 10.1. The monoisotopic (exact) mass is 184 g/mol. The quantitative estimate of drug-likeness (QED) is 0.680. The zero-order valence-electron chi connectivity index (χ0n) is 6.14. The van der Waals surface area contributed by atoms with Gasteiger partial charge in [-0.1, -0.05) is 11.6 Å². The highest BCUT2D eigenvalue weighted by Crippen LogP contribution is 2.21. The summed E-state index contributed by atoms with van der Waals surface area (Å²) in [6.07, 6.45) is -0.0329. The van der Waals surface area contributed by atoms with Crippen molar-refractivity contribution in [3.05, 3.63) is 28.5 Å². The maximum Gasteiger partial charge on any atom is 0.130 e. The fourth-order valence-electron chi connectivity index (χ4n) is 0.889. The lowest BCUT2D eigenvalue weighted by Gasteiger charge is -2.02. The molecule has 4 heteroatoms. The standard InChI is InChI=1S/C8H6ClFN2/c9-5-3-7(10)6(1-2-11)8(12)4-5/h3-4H,1,12H2. The molecule has 0 fully saturated rings. The van der Waals surface area contributed by atoms with Gasteiger partial charge >= 0.3 is 0 Å². The number of anilines is 1. The Bertz CT molecular complexity index is 320. The molecule has 2 N–H and O–H groups in total. The van der Waals surface area contributed by atoms with E-state index in [4.69, 9.17) is 22.6 Å². The molecule has 0 aliphatic rings. The summed E-state index contributed by atoms with van der Waals surface area (Å²) in [6.45, 7) is 0. The average molecular weight is 185 g/mol. The number of rotatable bonds is 1. The van der Waals surface area contributed by atoms with Crippen molar-refractivity contribution in [1.82, 2.24) is 0 Å². The molecule has 12 heavy (non-hydrogen) atoms. The zero-order valence-corrected chi connectivity index (χ0v) is 6.90. The second-order valence-corrected chi connectivity index (χ2v) is 2.73. The summed E-state index contributed by atoms with van der Waals surface area (Å²) in [7, 11) is 0. The van der Waals surface area contributed by atoms with Crippen LogP contribution in [0.15, 0.2) is 12.1 Å². The molecule has 0 bridgehead atoms. The van der Waals surface area contributed by atoms with Gasteiger partial charge in [-0.2, -0.15) is 5.26 Å². The van der Waals surface area contributed by atoms with Crippen LogP contribution in [0.4, 0.5) is 10.1 Å². The molecule has 1 aromatic carbocycles. The van der Waals surface area contributed by atoms with Gasteiger partial charge in [0.15, 0.2) is 0 Å². The second-order valence-electron chi connectivity index (χ2n) is 2.29. The normalized spacial score (nSPS) is 9.42. The number of halogens is 2. The molecule has 0 aliphatic carbocycles. The van der Waals surface area contributed by atoms with E-state index >= 15 is 0 Å². The Morgan fingerprint density at radius 1 is 1.58 bits per heavy atom. The van der Waals surface area contributed by atoms with Gasteiger partial charge in [-0.3, -0.25) is 0 Å². The van der Waals surface area contributed by atoms with Crippen molar-refractivity contribution in [3.63, 3.8) is 0 Å². The lowest BCUT2D eigenvalue weighted by molar-refractivity contribution is 0.616. The summed E-state index contributed by atoms with van der Waals surface area (Å²) in [5, 5.41) is 8.57. The fraction of sp³-hybridized carbons (Fsp3) is 0.125. The molecule has 1 aromatic rings. The number of benzene rings is 1. The third kappa shape index (κ3) is 1.66. The first kappa shape index (κ1) is 8.82. The van der Waals surface area contributed by atoms with E-state index < -0.39 is 5.82 Å². The smallest absolute Gasteiger partial charge is 0.130 e. The first-order valence-corrected chi connectivity index (χ1v) is 3.63. The number of hydrogen-bond acceptors (Lipinski definition) is 2. The summed E-state index contributed by atoms with van der Waals surface area (Å²) in [5.74, 6) is -0.526. The van der Waals surface area contributed by atoms with Gasteiger partial charge in [-0.25, -0.2) is 4.39 Å². The van der Waals surface area contributed by atoms with Crippen LogP contribution in [0, 0.1) is 17.1 Å². The van der Waals surface area contributed by atoms with Crippen molar-refractivity contribution >= 4 is 17.3 Å². The van der Waals surface area contributed by atoms with Crippen LogP contribution in [0.5, 0.6) is 0 Å². The van der Waals surface area contributed by atoms with E-state index in [0.717, 1.165) is 6.07 Å². The molecule has 0 unspecified atom stereocenters. The van der Waals surface area contributed by atoms with Crippen LogP contribution in [-0.2, 0) is 6.42 Å². The highest BCUT2D eigenvalue weighted by molar-refractivity contribution is 6.30. The van der Waals surface area contributed by atoms with Crippen molar-refractivity contribution in [2.75, 3.05) is 5.73 Å². The van der Waals surface area contributed by atoms with E-state index in [2.05, 4.69) is 0 Å². The minimum atomic E-state index is -0.526. The molecule has 2 nitrogen and oxygen atoms in total. The van der Waals surface area contributed by atoms with E-state index in [1.807, 2.05) is 6.07 Å². The fourth-order valence-corrected chi connectivity index (χ4v) is 1.10. The lowest BCUT2D eigenvalue weighted by Crippen LogP contribution is -1.97. The van der Waals surface area contributed by atoms with Crippen molar-refractivity contribution in [2.45, 2.75) is 6.42 Å². The number of nitrogen functional groups attached to an aromatic ring is 1. The van der Waals surface area contributed by atoms with E-state index in [1.165, 1.54) is 6.07 Å². The Hall–Kier alpha value is -1.27. The van der Waals surface area contributed by atoms with Crippen LogP contribution in [0.25, 0.3) is 0 Å². The minimum absolute atomic E-state index is 0.0329. The molecule has 0 aromatic heterocycles. The Labute approximate surface area is 74.4 Å². The molecular formula is C8H6ClFN2. The Kier molecular flexibility index (Phi) is 2.51. The second kappa shape index (κ2) is 3.42. The molecule has 0 saturated carbocycles. The first-order chi connectivity index (χ1) is 5.65. The maximum absolute atomic E-state index is 13.0. The number of nitriles is 1. The van der Waals surface area contributed by atoms with Gasteiger partial charge in [0, 0.05) is 16.3 Å². The molecule has 0 spiro atoms. The summed E-state index contributed by atoms with van der Waals surface area (Å²) < 4.78 is 13.0. The Morgan fingerprint density at radius 2 is 2.25 bits per heavy atom. The highest BCUT2D eigenvalue weighted by atomic mass is 35.5. The van der Waals surface area contributed by atoms with Crippen molar-refractivity contribution in [1.29, 1.82) is 5.26 Å². The van der Waals surface area contributed by atoms with Crippen LogP contribution in [0.3, 0.4) is 0 Å². The largest absolute Gasteiger partial charge is 0.398 e. The third-order valence-corrected chi connectivity index (χ3v) is 1.67. The first-order valence-electron chi connectivity index (χ1n) is 3.25. The average Bonchev–Trinajstić information content (AvgIpc) is 1.96. The van der Waals surface area contributed by atoms with E-state index in [1.54, 1.807) is 0 Å². The predicted octanol–water partition coefficient (Wildman–Crippen LogP) is 2.13. The molecule has 0 saturated heterocycles. The minimum Gasteiger partial charge on any atom is -0.398 e. The van der Waals surface area contributed by atoms with Crippen LogP contribution < -0.4 is 5.73 Å². The van der Waals surface area contributed by atoms with Crippen LogP contribution in [0.2, 0.25) is 5.02 Å². The number of nitrogens with two attached hydrogens (primary N) is 1. The van der Waals surface area contributed by atoms with Gasteiger partial charge < -0.3 is 5.73 Å². The molecule has 0 radical (unpaired) electrons. The van der Waals surface area contributed by atoms with Gasteiger partial charge in [-0.15, -0.1) is 0 Å². The van der Waals surface area contributed by atoms with E-state index in [-0.39, 0.29) is 22.7 Å². The molecule has 1 rings (SSSR count). The highest BCUT2D eigenvalue weighted by Gasteiger charge is 2.06. The van der Waals surface area contributed by atoms with Crippen LogP contribution >= 0.6 is 11.6 Å². The molecule has 0 aliphatic heterocycles. The number of nitrogens with zero attached hydrogens (tertiary/aromatic N) is 1. The zero-order chi connectivity index (χ0) is 9.14. The SMILES string of the molecule is N#CCc1c(N)cc(Cl)cc1F. The molecule has 0 amide bonds. The van der Waals surface area contributed by atoms with Gasteiger partial charge in [0.2, 0.25) is 0 Å². The summed E-state index contributed by atoms with van der Waals surface area (Å²) in [6, 6.07) is 4.39.